The number of nitrogens with zero attached hydrogens (tertiary/aromatic N) is 4. The standard InChI is InChI=1S/C21H30N4O3/c1-16-7-5-8-18-17(16)15-22-25(18)12-9-19(26)23-10-6-11-24(14-13-23)20(27)28-21(2,3)4/h5,7-8,15H,6,9-14H2,1-4H3. The zero-order valence-corrected chi connectivity index (χ0v) is 17.3. The molecule has 0 unspecified atom stereocenters. The molecule has 2 amide bonds. The van der Waals surface area contributed by atoms with Gasteiger partial charge in [-0.15, -0.1) is 0 Å². The van der Waals surface area contributed by atoms with E-state index in [2.05, 4.69) is 18.1 Å². The second-order valence-electron chi connectivity index (χ2n) is 8.33. The smallest absolute Gasteiger partial charge is 0.410 e. The van der Waals surface area contributed by atoms with Crippen LogP contribution < -0.4 is 0 Å². The average molecular weight is 386 g/mol. The van der Waals surface area contributed by atoms with E-state index in [1.54, 1.807) is 4.90 Å². The number of carbonyl (C=O) groups excluding carboxylic acids is 2. The van der Waals surface area contributed by atoms with Crippen molar-refractivity contribution < 1.29 is 14.3 Å². The molecule has 1 aromatic carbocycles. The average Bonchev–Trinajstić information content (AvgIpc) is 2.87. The Morgan fingerprint density at radius 2 is 1.82 bits per heavy atom. The van der Waals surface area contributed by atoms with Crippen LogP contribution in [0.4, 0.5) is 4.79 Å². The highest BCUT2D eigenvalue weighted by molar-refractivity contribution is 5.82. The summed E-state index contributed by atoms with van der Waals surface area (Å²) in [5, 5.41) is 5.56. The lowest BCUT2D eigenvalue weighted by Gasteiger charge is -2.26. The molecule has 7 heteroatoms. The minimum absolute atomic E-state index is 0.0994. The molecular formula is C21H30N4O3. The van der Waals surface area contributed by atoms with E-state index in [4.69, 9.17) is 4.74 Å². The molecule has 1 fully saturated rings. The second-order valence-corrected chi connectivity index (χ2v) is 8.33. The number of ether oxygens (including phenoxy) is 1. The fourth-order valence-electron chi connectivity index (χ4n) is 3.46. The maximum absolute atomic E-state index is 12.7. The van der Waals surface area contributed by atoms with Crippen LogP contribution in [-0.2, 0) is 16.1 Å². The maximum Gasteiger partial charge on any atom is 0.410 e. The van der Waals surface area contributed by atoms with Crippen LogP contribution >= 0.6 is 0 Å². The topological polar surface area (TPSA) is 67.7 Å². The highest BCUT2D eigenvalue weighted by atomic mass is 16.6. The van der Waals surface area contributed by atoms with E-state index >= 15 is 0 Å². The van der Waals surface area contributed by atoms with Crippen molar-refractivity contribution in [2.24, 2.45) is 0 Å². The van der Waals surface area contributed by atoms with Gasteiger partial charge in [-0.1, -0.05) is 12.1 Å². The molecular weight excluding hydrogens is 356 g/mol. The highest BCUT2D eigenvalue weighted by Gasteiger charge is 2.25. The summed E-state index contributed by atoms with van der Waals surface area (Å²) in [5.74, 6) is 0.0994. The van der Waals surface area contributed by atoms with E-state index in [1.807, 2.05) is 48.7 Å². The van der Waals surface area contributed by atoms with Gasteiger partial charge in [-0.2, -0.15) is 5.10 Å². The lowest BCUT2D eigenvalue weighted by atomic mass is 10.1. The third-order valence-electron chi connectivity index (χ3n) is 4.94. The summed E-state index contributed by atoms with van der Waals surface area (Å²) in [7, 11) is 0. The zero-order chi connectivity index (χ0) is 20.3. The molecule has 0 N–H and O–H groups in total. The minimum atomic E-state index is -0.510. The van der Waals surface area contributed by atoms with Crippen LogP contribution in [0.1, 0.15) is 39.2 Å². The third kappa shape index (κ3) is 4.82. The molecule has 0 radical (unpaired) electrons. The Morgan fingerprint density at radius 3 is 2.57 bits per heavy atom. The number of aryl methyl sites for hydroxylation is 2. The number of benzene rings is 1. The van der Waals surface area contributed by atoms with Crippen LogP contribution in [0.25, 0.3) is 10.9 Å². The van der Waals surface area contributed by atoms with Crippen LogP contribution in [0.5, 0.6) is 0 Å². The molecule has 0 aliphatic carbocycles. The second kappa shape index (κ2) is 8.20. The number of hydrogen-bond donors (Lipinski definition) is 0. The normalized spacial score (nSPS) is 15.6. The van der Waals surface area contributed by atoms with E-state index in [0.717, 1.165) is 17.3 Å². The molecule has 152 valence electrons. The van der Waals surface area contributed by atoms with Crippen molar-refractivity contribution in [3.05, 3.63) is 30.0 Å². The predicted molar refractivity (Wildman–Crippen MR) is 108 cm³/mol. The first-order chi connectivity index (χ1) is 13.2. The number of fused-ring (bicyclic) bond motifs is 1. The molecule has 0 saturated carbocycles. The van der Waals surface area contributed by atoms with Gasteiger partial charge in [-0.25, -0.2) is 4.79 Å². The molecule has 3 rings (SSSR count). The number of aromatic nitrogens is 2. The molecule has 1 aromatic heterocycles. The summed E-state index contributed by atoms with van der Waals surface area (Å²) in [6, 6.07) is 6.11. The van der Waals surface area contributed by atoms with Gasteiger partial charge >= 0.3 is 6.09 Å². The third-order valence-corrected chi connectivity index (χ3v) is 4.94. The quantitative estimate of drug-likeness (QED) is 0.812. The van der Waals surface area contributed by atoms with Crippen molar-refractivity contribution in [2.45, 2.75) is 52.7 Å². The Balaban J connectivity index is 1.55. The van der Waals surface area contributed by atoms with Gasteiger partial charge in [-0.05, 0) is 45.7 Å². The highest BCUT2D eigenvalue weighted by Crippen LogP contribution is 2.18. The van der Waals surface area contributed by atoms with Crippen LogP contribution in [0.15, 0.2) is 24.4 Å². The molecule has 7 nitrogen and oxygen atoms in total. The molecule has 1 aliphatic heterocycles. The van der Waals surface area contributed by atoms with Crippen LogP contribution in [0.3, 0.4) is 0 Å². The minimum Gasteiger partial charge on any atom is -0.444 e. The maximum atomic E-state index is 12.7. The van der Waals surface area contributed by atoms with Crippen molar-refractivity contribution in [3.63, 3.8) is 0 Å². The summed E-state index contributed by atoms with van der Waals surface area (Å²) in [4.78, 5) is 28.5. The molecule has 28 heavy (non-hydrogen) atoms. The summed E-state index contributed by atoms with van der Waals surface area (Å²) in [6.45, 7) is 10.5. The predicted octanol–water partition coefficient (Wildman–Crippen LogP) is 3.20. The lowest BCUT2D eigenvalue weighted by molar-refractivity contribution is -0.131. The SMILES string of the molecule is Cc1cccc2c1cnn2CCC(=O)N1CCCN(C(=O)OC(C)(C)C)CC1. The number of rotatable bonds is 3. The first kappa shape index (κ1) is 20.2. The first-order valence-electron chi connectivity index (χ1n) is 9.91. The molecule has 1 saturated heterocycles. The number of amides is 2. The summed E-state index contributed by atoms with van der Waals surface area (Å²) in [5.41, 5.74) is 1.73. The summed E-state index contributed by atoms with van der Waals surface area (Å²) >= 11 is 0. The molecule has 1 aliphatic rings. The Bertz CT molecular complexity index is 853. The fourth-order valence-corrected chi connectivity index (χ4v) is 3.46. The summed E-state index contributed by atoms with van der Waals surface area (Å²) < 4.78 is 7.34. The molecule has 2 heterocycles. The fraction of sp³-hybridized carbons (Fsp3) is 0.571. The molecule has 0 spiro atoms. The van der Waals surface area contributed by atoms with Crippen molar-refractivity contribution in [1.29, 1.82) is 0 Å². The molecule has 0 atom stereocenters. The molecule has 0 bridgehead atoms. The van der Waals surface area contributed by atoms with Crippen LogP contribution in [0.2, 0.25) is 0 Å². The van der Waals surface area contributed by atoms with Gasteiger partial charge in [0.15, 0.2) is 0 Å². The largest absolute Gasteiger partial charge is 0.444 e. The van der Waals surface area contributed by atoms with Gasteiger partial charge in [0.25, 0.3) is 0 Å². The monoisotopic (exact) mass is 386 g/mol. The zero-order valence-electron chi connectivity index (χ0n) is 17.3. The summed E-state index contributed by atoms with van der Waals surface area (Å²) in [6.07, 6.45) is 2.71. The van der Waals surface area contributed by atoms with Gasteiger partial charge in [-0.3, -0.25) is 9.48 Å². The van der Waals surface area contributed by atoms with Gasteiger partial charge in [0.1, 0.15) is 5.60 Å². The van der Waals surface area contributed by atoms with E-state index in [9.17, 15) is 9.59 Å². The van der Waals surface area contributed by atoms with Crippen LogP contribution in [0, 0.1) is 6.92 Å². The Labute approximate surface area is 166 Å². The van der Waals surface area contributed by atoms with Gasteiger partial charge in [0.05, 0.1) is 18.3 Å². The van der Waals surface area contributed by atoms with E-state index < -0.39 is 5.60 Å². The van der Waals surface area contributed by atoms with Crippen molar-refractivity contribution in [1.82, 2.24) is 19.6 Å². The number of hydrogen-bond acceptors (Lipinski definition) is 4. The Morgan fingerprint density at radius 1 is 1.11 bits per heavy atom. The van der Waals surface area contributed by atoms with E-state index in [-0.39, 0.29) is 12.0 Å². The Hall–Kier alpha value is -2.57. The van der Waals surface area contributed by atoms with Gasteiger partial charge in [0, 0.05) is 38.0 Å². The van der Waals surface area contributed by atoms with Crippen LogP contribution in [-0.4, -0.2) is 63.4 Å². The van der Waals surface area contributed by atoms with Crippen molar-refractivity contribution in [3.8, 4) is 0 Å². The van der Waals surface area contributed by atoms with Gasteiger partial charge in [0.2, 0.25) is 5.91 Å². The lowest BCUT2D eigenvalue weighted by Crippen LogP contribution is -2.40. The van der Waals surface area contributed by atoms with Crippen molar-refractivity contribution >= 4 is 22.9 Å². The number of carbonyl (C=O) groups is 2. The molecule has 2 aromatic rings. The van der Waals surface area contributed by atoms with Crippen molar-refractivity contribution in [2.75, 3.05) is 26.2 Å². The first-order valence-corrected chi connectivity index (χ1v) is 9.91. The van der Waals surface area contributed by atoms with Gasteiger partial charge < -0.3 is 14.5 Å². The van der Waals surface area contributed by atoms with E-state index in [0.29, 0.717) is 39.1 Å². The Kier molecular flexibility index (Phi) is 5.91. The van der Waals surface area contributed by atoms with E-state index in [1.165, 1.54) is 5.56 Å².